The number of imide groups is 1. The first-order valence-corrected chi connectivity index (χ1v) is 12.0. The van der Waals surface area contributed by atoms with Crippen molar-refractivity contribution >= 4 is 28.9 Å². The summed E-state index contributed by atoms with van der Waals surface area (Å²) in [7, 11) is 1.67. The van der Waals surface area contributed by atoms with Crippen molar-refractivity contribution in [1.82, 2.24) is 19.4 Å². The number of likely N-dealkylation sites (tertiary alicyclic amines) is 1. The maximum atomic E-state index is 12.9. The van der Waals surface area contributed by atoms with Crippen molar-refractivity contribution in [2.45, 2.75) is 64.5 Å². The fourth-order valence-electron chi connectivity index (χ4n) is 4.61. The molecule has 1 atom stereocenters. The summed E-state index contributed by atoms with van der Waals surface area (Å²) in [5.41, 5.74) is 1.34. The van der Waals surface area contributed by atoms with Crippen LogP contribution in [-0.2, 0) is 21.4 Å². The van der Waals surface area contributed by atoms with Crippen LogP contribution in [0.1, 0.15) is 64.5 Å². The van der Waals surface area contributed by atoms with E-state index >= 15 is 0 Å². The number of benzene rings is 1. The van der Waals surface area contributed by atoms with Crippen molar-refractivity contribution in [3.8, 4) is 11.8 Å². The van der Waals surface area contributed by atoms with Gasteiger partial charge in [0.25, 0.3) is 0 Å². The van der Waals surface area contributed by atoms with Crippen LogP contribution in [-0.4, -0.2) is 50.6 Å². The van der Waals surface area contributed by atoms with E-state index in [1.807, 2.05) is 39.0 Å². The summed E-state index contributed by atoms with van der Waals surface area (Å²) in [6, 6.07) is 4.82. The van der Waals surface area contributed by atoms with E-state index in [0.717, 1.165) is 24.8 Å². The van der Waals surface area contributed by atoms with Crippen LogP contribution >= 0.6 is 0 Å². The monoisotopic (exact) mass is 480 g/mol. The number of aromatic nitrogens is 2. The highest BCUT2D eigenvalue weighted by molar-refractivity contribution is 6.00. The molecule has 9 nitrogen and oxygen atoms in total. The Morgan fingerprint density at radius 1 is 1.11 bits per heavy atom. The molecule has 0 radical (unpaired) electrons. The van der Waals surface area contributed by atoms with E-state index in [1.165, 1.54) is 9.13 Å². The summed E-state index contributed by atoms with van der Waals surface area (Å²) in [6.07, 6.45) is 2.76. The van der Waals surface area contributed by atoms with Crippen LogP contribution < -0.4 is 11.0 Å². The number of hydrogen-bond donors (Lipinski definition) is 1. The summed E-state index contributed by atoms with van der Waals surface area (Å²) < 4.78 is 8.43. The second-order valence-electron chi connectivity index (χ2n) is 10.3. The lowest BCUT2D eigenvalue weighted by atomic mass is 9.94. The molecule has 0 bridgehead atoms. The molecular formula is C26H32N4O5. The molecule has 3 amide bonds. The number of piperidine rings is 2. The first-order valence-electron chi connectivity index (χ1n) is 12.0. The van der Waals surface area contributed by atoms with E-state index in [0.29, 0.717) is 36.5 Å². The van der Waals surface area contributed by atoms with E-state index in [9.17, 15) is 19.2 Å². The quantitative estimate of drug-likeness (QED) is 0.526. The highest BCUT2D eigenvalue weighted by Crippen LogP contribution is 2.24. The summed E-state index contributed by atoms with van der Waals surface area (Å²) in [4.78, 5) is 50.7. The van der Waals surface area contributed by atoms with Gasteiger partial charge in [-0.05, 0) is 64.2 Å². The molecule has 0 saturated carbocycles. The van der Waals surface area contributed by atoms with Gasteiger partial charge in [-0.2, -0.15) is 0 Å². The first kappa shape index (κ1) is 24.6. The van der Waals surface area contributed by atoms with Crippen LogP contribution in [0.2, 0.25) is 0 Å². The molecule has 2 saturated heterocycles. The Morgan fingerprint density at radius 3 is 2.49 bits per heavy atom. The number of aryl methyl sites for hydroxylation is 1. The molecule has 2 fully saturated rings. The number of carbonyl (C=O) groups excluding carboxylic acids is 3. The molecule has 3 heterocycles. The van der Waals surface area contributed by atoms with Crippen molar-refractivity contribution in [1.29, 1.82) is 0 Å². The minimum atomic E-state index is -0.701. The van der Waals surface area contributed by atoms with Crippen LogP contribution in [0.15, 0.2) is 23.0 Å². The Hall–Kier alpha value is -3.54. The largest absolute Gasteiger partial charge is 0.444 e. The van der Waals surface area contributed by atoms with Gasteiger partial charge in [0.05, 0.1) is 11.0 Å². The van der Waals surface area contributed by atoms with Crippen molar-refractivity contribution < 1.29 is 19.1 Å². The van der Waals surface area contributed by atoms with Gasteiger partial charge in [-0.3, -0.25) is 24.0 Å². The van der Waals surface area contributed by atoms with Crippen LogP contribution in [0.4, 0.5) is 4.79 Å². The minimum absolute atomic E-state index is 0.208. The highest BCUT2D eigenvalue weighted by atomic mass is 16.6. The number of rotatable bonds is 2. The topological polar surface area (TPSA) is 103 Å². The van der Waals surface area contributed by atoms with E-state index in [1.54, 1.807) is 11.9 Å². The smallest absolute Gasteiger partial charge is 0.410 e. The molecule has 2 aliphatic heterocycles. The van der Waals surface area contributed by atoms with Crippen LogP contribution in [0.3, 0.4) is 0 Å². The number of imidazole rings is 1. The second kappa shape index (κ2) is 9.61. The molecule has 9 heteroatoms. The zero-order chi connectivity index (χ0) is 25.3. The first-order chi connectivity index (χ1) is 16.5. The Kier molecular flexibility index (Phi) is 6.75. The highest BCUT2D eigenvalue weighted by Gasteiger charge is 2.31. The van der Waals surface area contributed by atoms with Gasteiger partial charge in [0, 0.05) is 38.5 Å². The number of fused-ring (bicyclic) bond motifs is 1. The van der Waals surface area contributed by atoms with Gasteiger partial charge >= 0.3 is 11.8 Å². The Morgan fingerprint density at radius 2 is 1.83 bits per heavy atom. The molecule has 0 aliphatic carbocycles. The van der Waals surface area contributed by atoms with Gasteiger partial charge in [-0.1, -0.05) is 11.8 Å². The lowest BCUT2D eigenvalue weighted by molar-refractivity contribution is -0.135. The SMILES string of the molecule is Cn1c(=O)n(C2CCC(=O)NC2=O)c2ccc(C#CCC3CCN(C(=O)OC(C)(C)C)CC3)cc21. The van der Waals surface area contributed by atoms with E-state index in [-0.39, 0.29) is 24.1 Å². The molecule has 1 N–H and O–H groups in total. The van der Waals surface area contributed by atoms with Crippen LogP contribution in [0.5, 0.6) is 0 Å². The van der Waals surface area contributed by atoms with Crippen molar-refractivity contribution in [2.24, 2.45) is 13.0 Å². The standard InChI is InChI=1S/C26H32N4O5/c1-26(2,3)35-25(34)29-14-12-17(13-15-29)6-5-7-18-8-9-19-21(16-18)28(4)24(33)30(19)20-10-11-22(31)27-23(20)32/h8-9,16-17,20H,6,10-15H2,1-4H3,(H,27,31,32). The Balaban J connectivity index is 1.42. The number of carbonyl (C=O) groups is 3. The average molecular weight is 481 g/mol. The zero-order valence-corrected chi connectivity index (χ0v) is 20.7. The number of amides is 3. The molecule has 0 spiro atoms. The lowest BCUT2D eigenvalue weighted by Crippen LogP contribution is -2.44. The summed E-state index contributed by atoms with van der Waals surface area (Å²) >= 11 is 0. The maximum Gasteiger partial charge on any atom is 0.410 e. The molecule has 186 valence electrons. The van der Waals surface area contributed by atoms with E-state index in [4.69, 9.17) is 4.74 Å². The molecular weight excluding hydrogens is 448 g/mol. The predicted molar refractivity (Wildman–Crippen MR) is 131 cm³/mol. The fraction of sp³-hybridized carbons (Fsp3) is 0.538. The number of nitrogens with one attached hydrogen (secondary N) is 1. The van der Waals surface area contributed by atoms with E-state index < -0.39 is 17.6 Å². The average Bonchev–Trinajstić information content (AvgIpc) is 3.03. The Labute approximate surface area is 204 Å². The molecule has 35 heavy (non-hydrogen) atoms. The molecule has 2 aromatic rings. The zero-order valence-electron chi connectivity index (χ0n) is 20.7. The molecule has 2 aliphatic rings. The third-order valence-corrected chi connectivity index (χ3v) is 6.50. The van der Waals surface area contributed by atoms with Crippen molar-refractivity contribution in [3.63, 3.8) is 0 Å². The summed E-state index contributed by atoms with van der Waals surface area (Å²) in [6.45, 7) is 6.94. The number of hydrogen-bond acceptors (Lipinski definition) is 5. The van der Waals surface area contributed by atoms with Crippen molar-refractivity contribution in [3.05, 3.63) is 34.2 Å². The maximum absolute atomic E-state index is 12.9. The third-order valence-electron chi connectivity index (χ3n) is 6.50. The summed E-state index contributed by atoms with van der Waals surface area (Å²) in [5, 5.41) is 2.32. The fourth-order valence-corrected chi connectivity index (χ4v) is 4.61. The van der Waals surface area contributed by atoms with Gasteiger partial charge < -0.3 is 9.64 Å². The predicted octanol–water partition coefficient (Wildman–Crippen LogP) is 2.71. The van der Waals surface area contributed by atoms with Gasteiger partial charge in [0.15, 0.2) is 0 Å². The number of nitrogens with zero attached hydrogens (tertiary/aromatic N) is 3. The van der Waals surface area contributed by atoms with Crippen LogP contribution in [0, 0.1) is 17.8 Å². The normalized spacial score (nSPS) is 19.3. The minimum Gasteiger partial charge on any atom is -0.444 e. The van der Waals surface area contributed by atoms with Gasteiger partial charge in [-0.15, -0.1) is 0 Å². The third kappa shape index (κ3) is 5.42. The number of ether oxygens (including phenoxy) is 1. The molecule has 1 aromatic carbocycles. The van der Waals surface area contributed by atoms with E-state index in [2.05, 4.69) is 17.2 Å². The van der Waals surface area contributed by atoms with Gasteiger partial charge in [0.2, 0.25) is 11.8 Å². The molecule has 1 unspecified atom stereocenters. The molecule has 4 rings (SSSR count). The van der Waals surface area contributed by atoms with Crippen molar-refractivity contribution in [2.75, 3.05) is 13.1 Å². The Bertz CT molecular complexity index is 1280. The van der Waals surface area contributed by atoms with Gasteiger partial charge in [-0.25, -0.2) is 9.59 Å². The second-order valence-corrected chi connectivity index (χ2v) is 10.3. The van der Waals surface area contributed by atoms with Gasteiger partial charge in [0.1, 0.15) is 11.6 Å². The summed E-state index contributed by atoms with van der Waals surface area (Å²) in [5.74, 6) is 6.11. The lowest BCUT2D eigenvalue weighted by Gasteiger charge is -2.32. The van der Waals surface area contributed by atoms with Crippen LogP contribution in [0.25, 0.3) is 11.0 Å². The molecule has 1 aromatic heterocycles.